The van der Waals surface area contributed by atoms with Gasteiger partial charge in [-0.3, -0.25) is 4.90 Å². The molecule has 1 atom stereocenters. The first-order valence-corrected chi connectivity index (χ1v) is 5.40. The second-order valence-corrected chi connectivity index (χ2v) is 4.20. The molecule has 1 aliphatic heterocycles. The van der Waals surface area contributed by atoms with Crippen LogP contribution in [-0.2, 0) is 6.54 Å². The van der Waals surface area contributed by atoms with Crippen molar-refractivity contribution in [2.24, 2.45) is 0 Å². The van der Waals surface area contributed by atoms with Crippen molar-refractivity contribution in [3.05, 3.63) is 35.9 Å². The fourth-order valence-electron chi connectivity index (χ4n) is 1.94. The third-order valence-electron chi connectivity index (χ3n) is 2.89. The molecule has 0 bridgehead atoms. The zero-order chi connectivity index (χ0) is 10.7. The van der Waals surface area contributed by atoms with Crippen molar-refractivity contribution in [3.8, 4) is 0 Å². The van der Waals surface area contributed by atoms with E-state index >= 15 is 0 Å². The topological polar surface area (TPSA) is 26.7 Å². The Balaban J connectivity index is 1.95. The van der Waals surface area contributed by atoms with Gasteiger partial charge >= 0.3 is 0 Å². The molecule has 1 aliphatic rings. The van der Waals surface area contributed by atoms with E-state index in [2.05, 4.69) is 21.9 Å². The summed E-state index contributed by atoms with van der Waals surface area (Å²) in [5.41, 5.74) is 1.26. The van der Waals surface area contributed by atoms with Crippen LogP contribution in [0.1, 0.15) is 5.56 Å². The van der Waals surface area contributed by atoms with Gasteiger partial charge in [-0.1, -0.05) is 30.3 Å². The average molecular weight is 206 g/mol. The monoisotopic (exact) mass is 206 g/mol. The molecule has 0 saturated carbocycles. The zero-order valence-electron chi connectivity index (χ0n) is 9.13. The van der Waals surface area contributed by atoms with Crippen LogP contribution in [0.5, 0.6) is 0 Å². The third kappa shape index (κ3) is 2.78. The van der Waals surface area contributed by atoms with Crippen LogP contribution in [0.4, 0.5) is 0 Å². The molecule has 1 unspecified atom stereocenters. The van der Waals surface area contributed by atoms with Crippen LogP contribution in [0, 0.1) is 0 Å². The van der Waals surface area contributed by atoms with Crippen molar-refractivity contribution >= 4 is 0 Å². The Kier molecular flexibility index (Phi) is 3.36. The molecule has 0 aromatic heterocycles. The zero-order valence-corrected chi connectivity index (χ0v) is 9.13. The van der Waals surface area contributed by atoms with Crippen molar-refractivity contribution in [2.45, 2.75) is 12.8 Å². The summed E-state index contributed by atoms with van der Waals surface area (Å²) in [7, 11) is 2.04. The minimum absolute atomic E-state index is 0.330. The average Bonchev–Trinajstić information content (AvgIpc) is 2.24. The number of rotatable bonds is 2. The maximum absolute atomic E-state index is 9.88. The van der Waals surface area contributed by atoms with Crippen LogP contribution in [0.25, 0.3) is 0 Å². The second-order valence-electron chi connectivity index (χ2n) is 4.20. The number of piperazine rings is 1. The Morgan fingerprint density at radius 1 is 1.27 bits per heavy atom. The van der Waals surface area contributed by atoms with Gasteiger partial charge < -0.3 is 10.0 Å². The molecule has 3 nitrogen and oxygen atoms in total. The minimum Gasteiger partial charge on any atom is -0.377 e. The maximum atomic E-state index is 9.88. The van der Waals surface area contributed by atoms with Gasteiger partial charge in [-0.25, -0.2) is 0 Å². The molecule has 2 rings (SSSR count). The summed E-state index contributed by atoms with van der Waals surface area (Å²) in [6.45, 7) is 3.55. The summed E-state index contributed by atoms with van der Waals surface area (Å²) in [6, 6.07) is 10.3. The van der Waals surface area contributed by atoms with Crippen molar-refractivity contribution < 1.29 is 5.11 Å². The van der Waals surface area contributed by atoms with Gasteiger partial charge in [0.25, 0.3) is 0 Å². The molecule has 0 spiro atoms. The number of hydrogen-bond acceptors (Lipinski definition) is 3. The lowest BCUT2D eigenvalue weighted by atomic mass is 10.2. The summed E-state index contributed by atoms with van der Waals surface area (Å²) in [5, 5.41) is 9.88. The first-order valence-electron chi connectivity index (χ1n) is 5.40. The van der Waals surface area contributed by atoms with Crippen LogP contribution in [0.2, 0.25) is 0 Å². The first-order chi connectivity index (χ1) is 7.25. The molecule has 1 saturated heterocycles. The molecule has 1 aromatic rings. The molecule has 0 radical (unpaired) electrons. The van der Waals surface area contributed by atoms with Crippen molar-refractivity contribution in [1.82, 2.24) is 9.80 Å². The quantitative estimate of drug-likeness (QED) is 0.773. The molecule has 15 heavy (non-hydrogen) atoms. The highest BCUT2D eigenvalue weighted by atomic mass is 16.3. The summed E-state index contributed by atoms with van der Waals surface area (Å²) < 4.78 is 0. The highest BCUT2D eigenvalue weighted by Gasteiger charge is 2.22. The highest BCUT2D eigenvalue weighted by molar-refractivity contribution is 5.14. The van der Waals surface area contributed by atoms with E-state index in [-0.39, 0.29) is 6.23 Å². The number of benzene rings is 1. The van der Waals surface area contributed by atoms with Gasteiger partial charge in [0.1, 0.15) is 6.23 Å². The Hall–Kier alpha value is -0.900. The van der Waals surface area contributed by atoms with Crippen LogP contribution in [0.3, 0.4) is 0 Å². The summed E-state index contributed by atoms with van der Waals surface area (Å²) >= 11 is 0. The molecule has 0 aliphatic carbocycles. The van der Waals surface area contributed by atoms with E-state index in [0.29, 0.717) is 0 Å². The minimum atomic E-state index is -0.330. The van der Waals surface area contributed by atoms with E-state index in [4.69, 9.17) is 0 Å². The van der Waals surface area contributed by atoms with Gasteiger partial charge in [0.05, 0.1) is 0 Å². The first kappa shape index (κ1) is 10.6. The van der Waals surface area contributed by atoms with Crippen LogP contribution in [-0.4, -0.2) is 47.8 Å². The molecule has 1 heterocycles. The van der Waals surface area contributed by atoms with E-state index in [9.17, 15) is 5.11 Å². The fourth-order valence-corrected chi connectivity index (χ4v) is 1.94. The Bertz CT molecular complexity index is 302. The van der Waals surface area contributed by atoms with E-state index in [1.54, 1.807) is 0 Å². The second kappa shape index (κ2) is 4.75. The number of nitrogens with zero attached hydrogens (tertiary/aromatic N) is 2. The fraction of sp³-hybridized carbons (Fsp3) is 0.500. The molecule has 1 N–H and O–H groups in total. The van der Waals surface area contributed by atoms with E-state index in [1.807, 2.05) is 25.2 Å². The lowest BCUT2D eigenvalue weighted by Gasteiger charge is -2.36. The molecule has 0 amide bonds. The van der Waals surface area contributed by atoms with Gasteiger partial charge in [-0.05, 0) is 12.6 Å². The van der Waals surface area contributed by atoms with Gasteiger partial charge in [0, 0.05) is 26.2 Å². The SMILES string of the molecule is CN1CCN(Cc2ccccc2)C(O)C1. The van der Waals surface area contributed by atoms with Crippen LogP contribution >= 0.6 is 0 Å². The number of aliphatic hydroxyl groups excluding tert-OH is 1. The van der Waals surface area contributed by atoms with Gasteiger partial charge in [-0.2, -0.15) is 0 Å². The van der Waals surface area contributed by atoms with E-state index < -0.39 is 0 Å². The van der Waals surface area contributed by atoms with E-state index in [1.165, 1.54) is 5.56 Å². The Morgan fingerprint density at radius 3 is 2.67 bits per heavy atom. The Morgan fingerprint density at radius 2 is 2.00 bits per heavy atom. The molecular weight excluding hydrogens is 188 g/mol. The van der Waals surface area contributed by atoms with Crippen molar-refractivity contribution in [1.29, 1.82) is 0 Å². The van der Waals surface area contributed by atoms with Gasteiger partial charge in [-0.15, -0.1) is 0 Å². The summed E-state index contributed by atoms with van der Waals surface area (Å²) in [4.78, 5) is 4.28. The Labute approximate surface area is 90.9 Å². The molecule has 82 valence electrons. The van der Waals surface area contributed by atoms with Crippen LogP contribution in [0.15, 0.2) is 30.3 Å². The van der Waals surface area contributed by atoms with Crippen molar-refractivity contribution in [3.63, 3.8) is 0 Å². The molecular formula is C12H18N2O. The van der Waals surface area contributed by atoms with Crippen molar-refractivity contribution in [2.75, 3.05) is 26.7 Å². The largest absolute Gasteiger partial charge is 0.377 e. The lowest BCUT2D eigenvalue weighted by molar-refractivity contribution is -0.0537. The smallest absolute Gasteiger partial charge is 0.120 e. The van der Waals surface area contributed by atoms with Gasteiger partial charge in [0.15, 0.2) is 0 Å². The summed E-state index contributed by atoms with van der Waals surface area (Å²) in [6.07, 6.45) is -0.330. The summed E-state index contributed by atoms with van der Waals surface area (Å²) in [5.74, 6) is 0. The third-order valence-corrected chi connectivity index (χ3v) is 2.89. The lowest BCUT2D eigenvalue weighted by Crippen LogP contribution is -2.51. The molecule has 1 fully saturated rings. The predicted octanol–water partition coefficient (Wildman–Crippen LogP) is 0.752. The molecule has 1 aromatic carbocycles. The van der Waals surface area contributed by atoms with Crippen LogP contribution < -0.4 is 0 Å². The number of hydrogen-bond donors (Lipinski definition) is 1. The number of likely N-dealkylation sites (N-methyl/N-ethyl adjacent to an activating group) is 1. The number of aliphatic hydroxyl groups is 1. The highest BCUT2D eigenvalue weighted by Crippen LogP contribution is 2.11. The maximum Gasteiger partial charge on any atom is 0.120 e. The number of β-amino-alcohol motifs (C(OH)–C–C–N with tert-alkyl or cyclic N) is 1. The van der Waals surface area contributed by atoms with E-state index in [0.717, 1.165) is 26.2 Å². The molecule has 3 heteroatoms. The normalized spacial score (nSPS) is 24.3. The predicted molar refractivity (Wildman–Crippen MR) is 60.4 cm³/mol. The standard InChI is InChI=1S/C12H18N2O/c1-13-7-8-14(12(15)10-13)9-11-5-3-2-4-6-11/h2-6,12,15H,7-10H2,1H3. The van der Waals surface area contributed by atoms with Gasteiger partial charge in [0.2, 0.25) is 0 Å².